The van der Waals surface area contributed by atoms with Crippen LogP contribution >= 0.6 is 0 Å². The first kappa shape index (κ1) is 13.2. The highest BCUT2D eigenvalue weighted by Crippen LogP contribution is 2.12. The Labute approximate surface area is 106 Å². The van der Waals surface area contributed by atoms with E-state index in [-0.39, 0.29) is 0 Å². The standard InChI is InChI=1S/C13H18F2N2O/c14-11-8-12(15)10-13(9-11)16-2-1-3-17-4-6-18-7-5-17/h8-10,16H,1-7H2. The number of benzene rings is 1. The van der Waals surface area contributed by atoms with Crippen LogP contribution in [0.5, 0.6) is 0 Å². The van der Waals surface area contributed by atoms with Crippen LogP contribution in [0.25, 0.3) is 0 Å². The van der Waals surface area contributed by atoms with Crippen LogP contribution in [0.1, 0.15) is 6.42 Å². The molecule has 1 aromatic rings. The molecule has 0 bridgehead atoms. The van der Waals surface area contributed by atoms with Crippen LogP contribution in [-0.2, 0) is 4.74 Å². The maximum atomic E-state index is 12.9. The van der Waals surface area contributed by atoms with Crippen molar-refractivity contribution in [3.63, 3.8) is 0 Å². The summed E-state index contributed by atoms with van der Waals surface area (Å²) in [6.07, 6.45) is 0.943. The molecule has 0 amide bonds. The van der Waals surface area contributed by atoms with Gasteiger partial charge in [0.05, 0.1) is 13.2 Å². The highest BCUT2D eigenvalue weighted by Gasteiger charge is 2.09. The molecule has 100 valence electrons. The van der Waals surface area contributed by atoms with E-state index in [1.165, 1.54) is 12.1 Å². The quantitative estimate of drug-likeness (QED) is 0.816. The van der Waals surface area contributed by atoms with Gasteiger partial charge in [-0.3, -0.25) is 4.90 Å². The fourth-order valence-corrected chi connectivity index (χ4v) is 2.02. The Hall–Kier alpha value is -1.20. The van der Waals surface area contributed by atoms with Gasteiger partial charge in [-0.25, -0.2) is 8.78 Å². The minimum atomic E-state index is -0.550. The molecule has 1 aliphatic rings. The Balaban J connectivity index is 1.68. The first-order valence-electron chi connectivity index (χ1n) is 6.24. The lowest BCUT2D eigenvalue weighted by Gasteiger charge is -2.26. The van der Waals surface area contributed by atoms with Crippen LogP contribution in [0, 0.1) is 11.6 Å². The minimum Gasteiger partial charge on any atom is -0.385 e. The molecule has 0 saturated carbocycles. The van der Waals surface area contributed by atoms with Crippen LogP contribution in [0.3, 0.4) is 0 Å². The van der Waals surface area contributed by atoms with Gasteiger partial charge in [0.15, 0.2) is 0 Å². The first-order chi connectivity index (χ1) is 8.74. The van der Waals surface area contributed by atoms with Gasteiger partial charge in [-0.2, -0.15) is 0 Å². The normalized spacial score (nSPS) is 16.8. The van der Waals surface area contributed by atoms with Crippen molar-refractivity contribution in [1.82, 2.24) is 4.90 Å². The smallest absolute Gasteiger partial charge is 0.128 e. The van der Waals surface area contributed by atoms with Crippen molar-refractivity contribution in [3.05, 3.63) is 29.8 Å². The monoisotopic (exact) mass is 256 g/mol. The average molecular weight is 256 g/mol. The number of ether oxygens (including phenoxy) is 1. The van der Waals surface area contributed by atoms with E-state index in [9.17, 15) is 8.78 Å². The summed E-state index contributed by atoms with van der Waals surface area (Å²) in [6.45, 7) is 5.21. The van der Waals surface area contributed by atoms with Crippen LogP contribution in [0.2, 0.25) is 0 Å². The molecule has 5 heteroatoms. The summed E-state index contributed by atoms with van der Waals surface area (Å²) in [5, 5.41) is 3.03. The zero-order valence-electron chi connectivity index (χ0n) is 10.3. The molecule has 1 heterocycles. The molecule has 0 aromatic heterocycles. The molecule has 2 rings (SSSR count). The molecule has 0 radical (unpaired) electrons. The lowest BCUT2D eigenvalue weighted by molar-refractivity contribution is 0.0378. The van der Waals surface area contributed by atoms with Crippen molar-refractivity contribution in [3.8, 4) is 0 Å². The van der Waals surface area contributed by atoms with Gasteiger partial charge in [-0.1, -0.05) is 0 Å². The molecule has 3 nitrogen and oxygen atoms in total. The highest BCUT2D eigenvalue weighted by molar-refractivity contribution is 5.43. The van der Waals surface area contributed by atoms with E-state index in [4.69, 9.17) is 4.74 Å². The molecule has 1 aliphatic heterocycles. The molecule has 18 heavy (non-hydrogen) atoms. The van der Waals surface area contributed by atoms with E-state index >= 15 is 0 Å². The van der Waals surface area contributed by atoms with Crippen LogP contribution in [-0.4, -0.2) is 44.3 Å². The second-order valence-electron chi connectivity index (χ2n) is 4.39. The van der Waals surface area contributed by atoms with Crippen molar-refractivity contribution in [2.24, 2.45) is 0 Å². The lowest BCUT2D eigenvalue weighted by atomic mass is 10.3. The fraction of sp³-hybridized carbons (Fsp3) is 0.538. The molecule has 1 saturated heterocycles. The third-order valence-corrected chi connectivity index (χ3v) is 2.95. The molecule has 1 fully saturated rings. The van der Waals surface area contributed by atoms with E-state index in [0.29, 0.717) is 12.2 Å². The topological polar surface area (TPSA) is 24.5 Å². The van der Waals surface area contributed by atoms with Crippen molar-refractivity contribution in [2.75, 3.05) is 44.7 Å². The van der Waals surface area contributed by atoms with Gasteiger partial charge in [-0.05, 0) is 25.1 Å². The van der Waals surface area contributed by atoms with E-state index in [2.05, 4.69) is 10.2 Å². The molecule has 0 unspecified atom stereocenters. The largest absolute Gasteiger partial charge is 0.385 e. The van der Waals surface area contributed by atoms with Gasteiger partial charge in [0.1, 0.15) is 11.6 Å². The molecule has 0 aliphatic carbocycles. The Bertz CT molecular complexity index is 361. The van der Waals surface area contributed by atoms with Gasteiger partial charge in [0.2, 0.25) is 0 Å². The van der Waals surface area contributed by atoms with Gasteiger partial charge in [-0.15, -0.1) is 0 Å². The molecular formula is C13H18F2N2O. The summed E-state index contributed by atoms with van der Waals surface area (Å²) < 4.78 is 31.1. The van der Waals surface area contributed by atoms with E-state index in [1.807, 2.05) is 0 Å². The van der Waals surface area contributed by atoms with Gasteiger partial charge in [0.25, 0.3) is 0 Å². The average Bonchev–Trinajstić information content (AvgIpc) is 2.35. The molecule has 0 atom stereocenters. The number of morpholine rings is 1. The number of halogens is 2. The van der Waals surface area contributed by atoms with E-state index in [0.717, 1.165) is 45.3 Å². The molecule has 1 aromatic carbocycles. The van der Waals surface area contributed by atoms with Crippen molar-refractivity contribution in [2.45, 2.75) is 6.42 Å². The zero-order valence-corrected chi connectivity index (χ0v) is 10.3. The summed E-state index contributed by atoms with van der Waals surface area (Å²) in [4.78, 5) is 2.33. The van der Waals surface area contributed by atoms with E-state index < -0.39 is 11.6 Å². The predicted octanol–water partition coefficient (Wildman–Crippen LogP) is 2.10. The SMILES string of the molecule is Fc1cc(F)cc(NCCCN2CCOCC2)c1. The van der Waals surface area contributed by atoms with Gasteiger partial charge in [0, 0.05) is 31.4 Å². The van der Waals surface area contributed by atoms with Crippen LogP contribution in [0.4, 0.5) is 14.5 Å². The predicted molar refractivity (Wildman–Crippen MR) is 66.7 cm³/mol. The van der Waals surface area contributed by atoms with Crippen molar-refractivity contribution >= 4 is 5.69 Å². The second-order valence-corrected chi connectivity index (χ2v) is 4.39. The fourth-order valence-electron chi connectivity index (χ4n) is 2.02. The van der Waals surface area contributed by atoms with Crippen LogP contribution in [0.15, 0.2) is 18.2 Å². The first-order valence-corrected chi connectivity index (χ1v) is 6.24. The Morgan fingerprint density at radius 3 is 2.44 bits per heavy atom. The summed E-state index contributed by atoms with van der Waals surface area (Å²) in [5.41, 5.74) is 0.495. The van der Waals surface area contributed by atoms with Crippen molar-refractivity contribution < 1.29 is 13.5 Å². The lowest BCUT2D eigenvalue weighted by Crippen LogP contribution is -2.37. The highest BCUT2D eigenvalue weighted by atomic mass is 19.1. The number of hydrogen-bond donors (Lipinski definition) is 1. The number of nitrogens with one attached hydrogen (secondary N) is 1. The molecular weight excluding hydrogens is 238 g/mol. The molecule has 0 spiro atoms. The summed E-state index contributed by atoms with van der Waals surface area (Å²) >= 11 is 0. The number of nitrogens with zero attached hydrogens (tertiary/aromatic N) is 1. The third kappa shape index (κ3) is 4.23. The van der Waals surface area contributed by atoms with Gasteiger partial charge < -0.3 is 10.1 Å². The van der Waals surface area contributed by atoms with Crippen molar-refractivity contribution in [1.29, 1.82) is 0 Å². The van der Waals surface area contributed by atoms with E-state index in [1.54, 1.807) is 0 Å². The summed E-state index contributed by atoms with van der Waals surface area (Å²) in [7, 11) is 0. The molecule has 1 N–H and O–H groups in total. The Morgan fingerprint density at radius 2 is 1.78 bits per heavy atom. The van der Waals surface area contributed by atoms with Gasteiger partial charge >= 0.3 is 0 Å². The summed E-state index contributed by atoms with van der Waals surface area (Å²) in [5.74, 6) is -1.10. The zero-order chi connectivity index (χ0) is 12.8. The summed E-state index contributed by atoms with van der Waals surface area (Å²) in [6, 6.07) is 3.48. The third-order valence-electron chi connectivity index (χ3n) is 2.95. The minimum absolute atomic E-state index is 0.495. The Morgan fingerprint density at radius 1 is 1.11 bits per heavy atom. The maximum Gasteiger partial charge on any atom is 0.128 e. The Kier molecular flexibility index (Phi) is 4.90. The number of rotatable bonds is 5. The number of anilines is 1. The maximum absolute atomic E-state index is 12.9. The number of hydrogen-bond acceptors (Lipinski definition) is 3. The van der Waals surface area contributed by atoms with Crippen LogP contribution < -0.4 is 5.32 Å². The second kappa shape index (κ2) is 6.66.